The second kappa shape index (κ2) is 6.59. The fraction of sp³-hybridized carbons (Fsp3) is 0.200. The summed E-state index contributed by atoms with van der Waals surface area (Å²) in [6.07, 6.45) is 2.32. The second-order valence-electron chi connectivity index (χ2n) is 5.82. The lowest BCUT2D eigenvalue weighted by atomic mass is 10.1. The molecule has 24 heavy (non-hydrogen) atoms. The van der Waals surface area contributed by atoms with Gasteiger partial charge in [0.25, 0.3) is 0 Å². The zero-order valence-corrected chi connectivity index (χ0v) is 13.2. The van der Waals surface area contributed by atoms with E-state index in [0.717, 1.165) is 35.5 Å². The molecule has 2 aromatic carbocycles. The van der Waals surface area contributed by atoms with Gasteiger partial charge in [0.2, 0.25) is 11.8 Å². The Morgan fingerprint density at radius 3 is 2.58 bits per heavy atom. The SMILES string of the molecule is C(#Cc1ccccc1NCc1nnc(C2CC2)o1)c1ccccc1. The van der Waals surface area contributed by atoms with Gasteiger partial charge in [-0.15, -0.1) is 10.2 Å². The standard InChI is InChI=1S/C20H17N3O/c1-2-6-15(7-3-1)10-11-16-8-4-5-9-18(16)21-14-19-22-23-20(24-19)17-12-13-17/h1-9,17,21H,12-14H2. The van der Waals surface area contributed by atoms with E-state index in [0.29, 0.717) is 18.4 Å². The van der Waals surface area contributed by atoms with Crippen molar-refractivity contribution in [2.75, 3.05) is 5.32 Å². The Kier molecular flexibility index (Phi) is 3.99. The third-order valence-corrected chi connectivity index (χ3v) is 3.88. The summed E-state index contributed by atoms with van der Waals surface area (Å²) in [5, 5.41) is 11.5. The van der Waals surface area contributed by atoms with E-state index in [9.17, 15) is 0 Å². The van der Waals surface area contributed by atoms with E-state index in [1.807, 2.05) is 54.6 Å². The van der Waals surface area contributed by atoms with Gasteiger partial charge in [0, 0.05) is 17.0 Å². The Morgan fingerprint density at radius 2 is 1.75 bits per heavy atom. The van der Waals surface area contributed by atoms with Crippen molar-refractivity contribution in [2.45, 2.75) is 25.3 Å². The number of nitrogens with one attached hydrogen (secondary N) is 1. The topological polar surface area (TPSA) is 51.0 Å². The fourth-order valence-electron chi connectivity index (χ4n) is 2.41. The molecule has 0 unspecified atom stereocenters. The third kappa shape index (κ3) is 3.47. The molecule has 1 aliphatic rings. The predicted molar refractivity (Wildman–Crippen MR) is 92.5 cm³/mol. The lowest BCUT2D eigenvalue weighted by molar-refractivity contribution is 0.457. The van der Waals surface area contributed by atoms with Gasteiger partial charge in [-0.25, -0.2) is 0 Å². The molecule has 0 radical (unpaired) electrons. The average Bonchev–Trinajstić information content (AvgIpc) is 3.38. The molecule has 0 amide bonds. The monoisotopic (exact) mass is 315 g/mol. The molecule has 0 atom stereocenters. The third-order valence-electron chi connectivity index (χ3n) is 3.88. The average molecular weight is 315 g/mol. The van der Waals surface area contributed by atoms with E-state index in [1.165, 1.54) is 0 Å². The first kappa shape index (κ1) is 14.5. The highest BCUT2D eigenvalue weighted by atomic mass is 16.4. The molecule has 4 nitrogen and oxygen atoms in total. The number of hydrogen-bond donors (Lipinski definition) is 1. The van der Waals surface area contributed by atoms with Crippen LogP contribution in [-0.2, 0) is 6.54 Å². The molecule has 0 spiro atoms. The lowest BCUT2D eigenvalue weighted by Gasteiger charge is -2.05. The van der Waals surface area contributed by atoms with E-state index >= 15 is 0 Å². The Hall–Kier alpha value is -3.06. The first-order valence-corrected chi connectivity index (χ1v) is 8.11. The first-order chi connectivity index (χ1) is 11.9. The molecule has 0 aliphatic heterocycles. The van der Waals surface area contributed by atoms with Crippen molar-refractivity contribution in [3.63, 3.8) is 0 Å². The van der Waals surface area contributed by atoms with Crippen LogP contribution in [-0.4, -0.2) is 10.2 Å². The van der Waals surface area contributed by atoms with Crippen molar-refractivity contribution in [2.24, 2.45) is 0 Å². The summed E-state index contributed by atoms with van der Waals surface area (Å²) < 4.78 is 5.68. The molecule has 0 bridgehead atoms. The van der Waals surface area contributed by atoms with Gasteiger partial charge in [0.15, 0.2) is 0 Å². The minimum absolute atomic E-state index is 0.482. The number of para-hydroxylation sites is 1. The van der Waals surface area contributed by atoms with Crippen LogP contribution in [0.2, 0.25) is 0 Å². The van der Waals surface area contributed by atoms with Gasteiger partial charge in [-0.05, 0) is 37.1 Å². The molecule has 1 heterocycles. The zero-order chi connectivity index (χ0) is 16.2. The summed E-state index contributed by atoms with van der Waals surface area (Å²) in [4.78, 5) is 0. The summed E-state index contributed by atoms with van der Waals surface area (Å²) >= 11 is 0. The molecular weight excluding hydrogens is 298 g/mol. The van der Waals surface area contributed by atoms with Crippen LogP contribution >= 0.6 is 0 Å². The van der Waals surface area contributed by atoms with Crippen LogP contribution < -0.4 is 5.32 Å². The van der Waals surface area contributed by atoms with Crippen LogP contribution in [0.3, 0.4) is 0 Å². The van der Waals surface area contributed by atoms with Gasteiger partial charge < -0.3 is 9.73 Å². The second-order valence-corrected chi connectivity index (χ2v) is 5.82. The van der Waals surface area contributed by atoms with Gasteiger partial charge in [0.1, 0.15) is 0 Å². The van der Waals surface area contributed by atoms with E-state index in [2.05, 4.69) is 27.4 Å². The van der Waals surface area contributed by atoms with Gasteiger partial charge in [-0.3, -0.25) is 0 Å². The summed E-state index contributed by atoms with van der Waals surface area (Å²) in [5.74, 6) is 8.27. The summed E-state index contributed by atoms with van der Waals surface area (Å²) in [5.41, 5.74) is 2.91. The molecule has 1 saturated carbocycles. The Bertz CT molecular complexity index is 886. The van der Waals surface area contributed by atoms with Gasteiger partial charge >= 0.3 is 0 Å². The lowest BCUT2D eigenvalue weighted by Crippen LogP contribution is -2.01. The molecule has 3 aromatic rings. The number of benzene rings is 2. The zero-order valence-electron chi connectivity index (χ0n) is 13.2. The largest absolute Gasteiger partial charge is 0.423 e. The van der Waals surface area contributed by atoms with Crippen LogP contribution in [0.15, 0.2) is 59.0 Å². The minimum atomic E-state index is 0.482. The van der Waals surface area contributed by atoms with Crippen molar-refractivity contribution in [3.8, 4) is 11.8 Å². The smallest absolute Gasteiger partial charge is 0.235 e. The molecular formula is C20H17N3O. The van der Waals surface area contributed by atoms with Crippen molar-refractivity contribution in [3.05, 3.63) is 77.5 Å². The summed E-state index contributed by atoms with van der Waals surface area (Å²) in [6, 6.07) is 17.9. The number of anilines is 1. The van der Waals surface area contributed by atoms with Crippen LogP contribution in [0.5, 0.6) is 0 Å². The van der Waals surface area contributed by atoms with Crippen LogP contribution in [0.1, 0.15) is 41.7 Å². The first-order valence-electron chi connectivity index (χ1n) is 8.11. The molecule has 118 valence electrons. The highest BCUT2D eigenvalue weighted by Crippen LogP contribution is 2.39. The van der Waals surface area contributed by atoms with Crippen LogP contribution in [0.4, 0.5) is 5.69 Å². The highest BCUT2D eigenvalue weighted by molar-refractivity contribution is 5.60. The molecule has 1 aliphatic carbocycles. The number of hydrogen-bond acceptors (Lipinski definition) is 4. The van der Waals surface area contributed by atoms with Crippen molar-refractivity contribution in [1.82, 2.24) is 10.2 Å². The molecule has 1 fully saturated rings. The van der Waals surface area contributed by atoms with Gasteiger partial charge in [-0.2, -0.15) is 0 Å². The number of nitrogens with zero attached hydrogens (tertiary/aromatic N) is 2. The van der Waals surface area contributed by atoms with Crippen LogP contribution in [0, 0.1) is 11.8 Å². The maximum absolute atomic E-state index is 5.68. The normalized spacial score (nSPS) is 13.2. The Labute approximate surface area is 140 Å². The Morgan fingerprint density at radius 1 is 0.958 bits per heavy atom. The maximum atomic E-state index is 5.68. The summed E-state index contributed by atoms with van der Waals surface area (Å²) in [7, 11) is 0. The van der Waals surface area contributed by atoms with Crippen molar-refractivity contribution >= 4 is 5.69 Å². The molecule has 4 heteroatoms. The van der Waals surface area contributed by atoms with E-state index in [-0.39, 0.29) is 0 Å². The van der Waals surface area contributed by atoms with Crippen molar-refractivity contribution < 1.29 is 4.42 Å². The van der Waals surface area contributed by atoms with Gasteiger partial charge in [-0.1, -0.05) is 42.2 Å². The molecule has 0 saturated heterocycles. The fourth-order valence-corrected chi connectivity index (χ4v) is 2.41. The Balaban J connectivity index is 1.48. The maximum Gasteiger partial charge on any atom is 0.235 e. The minimum Gasteiger partial charge on any atom is -0.423 e. The quantitative estimate of drug-likeness (QED) is 0.740. The van der Waals surface area contributed by atoms with E-state index in [4.69, 9.17) is 4.42 Å². The molecule has 4 rings (SSSR count). The highest BCUT2D eigenvalue weighted by Gasteiger charge is 2.29. The molecule has 1 aromatic heterocycles. The predicted octanol–water partition coefficient (Wildman–Crippen LogP) is 3.96. The van der Waals surface area contributed by atoms with E-state index < -0.39 is 0 Å². The van der Waals surface area contributed by atoms with E-state index in [1.54, 1.807) is 0 Å². The number of aromatic nitrogens is 2. The summed E-state index contributed by atoms with van der Waals surface area (Å²) in [6.45, 7) is 0.504. The van der Waals surface area contributed by atoms with Crippen LogP contribution in [0.25, 0.3) is 0 Å². The molecule has 1 N–H and O–H groups in total. The number of rotatable bonds is 4. The van der Waals surface area contributed by atoms with Gasteiger partial charge in [0.05, 0.1) is 12.2 Å². The van der Waals surface area contributed by atoms with Crippen molar-refractivity contribution in [1.29, 1.82) is 0 Å².